The SMILES string of the molecule is Cc1ccc2c(c1)C(=O)CC1(CCN(Cc3ccccc3)CC1)O2. The predicted octanol–water partition coefficient (Wildman–Crippen LogP) is 4.00. The summed E-state index contributed by atoms with van der Waals surface area (Å²) < 4.78 is 6.34. The Kier molecular flexibility index (Phi) is 3.89. The third kappa shape index (κ3) is 2.96. The first kappa shape index (κ1) is 15.4. The zero-order chi connectivity index (χ0) is 16.6. The van der Waals surface area contributed by atoms with Gasteiger partial charge in [-0.1, -0.05) is 42.0 Å². The van der Waals surface area contributed by atoms with Gasteiger partial charge in [0.25, 0.3) is 0 Å². The van der Waals surface area contributed by atoms with Gasteiger partial charge >= 0.3 is 0 Å². The standard InChI is InChI=1S/C21H23NO2/c1-16-7-8-20-18(13-16)19(23)14-21(24-20)9-11-22(12-10-21)15-17-5-3-2-4-6-17/h2-8,13H,9-12,14-15H2,1H3. The number of likely N-dealkylation sites (tertiary alicyclic amines) is 1. The summed E-state index contributed by atoms with van der Waals surface area (Å²) >= 11 is 0. The second-order valence-electron chi connectivity index (χ2n) is 7.15. The van der Waals surface area contributed by atoms with Crippen molar-refractivity contribution in [3.8, 4) is 5.75 Å². The summed E-state index contributed by atoms with van der Waals surface area (Å²) in [6, 6.07) is 16.5. The molecule has 0 bridgehead atoms. The van der Waals surface area contributed by atoms with E-state index in [9.17, 15) is 4.79 Å². The van der Waals surface area contributed by atoms with Gasteiger partial charge in [-0.05, 0) is 24.6 Å². The summed E-state index contributed by atoms with van der Waals surface area (Å²) in [7, 11) is 0. The summed E-state index contributed by atoms with van der Waals surface area (Å²) in [5, 5.41) is 0. The maximum Gasteiger partial charge on any atom is 0.170 e. The van der Waals surface area contributed by atoms with E-state index in [0.29, 0.717) is 6.42 Å². The molecule has 2 aliphatic heterocycles. The summed E-state index contributed by atoms with van der Waals surface area (Å²) in [6.45, 7) is 4.94. The Bertz CT molecular complexity index is 746. The Hall–Kier alpha value is -2.13. The van der Waals surface area contributed by atoms with Crippen molar-refractivity contribution in [3.05, 3.63) is 65.2 Å². The topological polar surface area (TPSA) is 29.5 Å². The van der Waals surface area contributed by atoms with Crippen molar-refractivity contribution in [2.45, 2.75) is 38.3 Å². The van der Waals surface area contributed by atoms with Crippen LogP contribution in [-0.4, -0.2) is 29.4 Å². The van der Waals surface area contributed by atoms with Crippen molar-refractivity contribution in [2.24, 2.45) is 0 Å². The van der Waals surface area contributed by atoms with Crippen LogP contribution in [0.5, 0.6) is 5.75 Å². The van der Waals surface area contributed by atoms with Crippen LogP contribution in [0.15, 0.2) is 48.5 Å². The lowest BCUT2D eigenvalue weighted by Crippen LogP contribution is -2.50. The summed E-state index contributed by atoms with van der Waals surface area (Å²) in [6.07, 6.45) is 2.35. The van der Waals surface area contributed by atoms with Crippen LogP contribution in [0.1, 0.15) is 40.7 Å². The molecule has 0 unspecified atom stereocenters. The van der Waals surface area contributed by atoms with Crippen LogP contribution < -0.4 is 4.74 Å². The van der Waals surface area contributed by atoms with Crippen LogP contribution in [0.2, 0.25) is 0 Å². The molecule has 2 aliphatic rings. The molecule has 1 saturated heterocycles. The lowest BCUT2D eigenvalue weighted by Gasteiger charge is -2.44. The van der Waals surface area contributed by atoms with Crippen LogP contribution in [0, 0.1) is 6.92 Å². The fraction of sp³-hybridized carbons (Fsp3) is 0.381. The van der Waals surface area contributed by atoms with Crippen LogP contribution in [0.4, 0.5) is 0 Å². The Morgan fingerprint density at radius 3 is 2.58 bits per heavy atom. The average Bonchev–Trinajstić information content (AvgIpc) is 2.59. The Labute approximate surface area is 143 Å². The van der Waals surface area contributed by atoms with Crippen LogP contribution in [0.25, 0.3) is 0 Å². The van der Waals surface area contributed by atoms with E-state index in [0.717, 1.165) is 49.4 Å². The molecule has 24 heavy (non-hydrogen) atoms. The molecule has 4 rings (SSSR count). The molecule has 0 atom stereocenters. The molecular formula is C21H23NO2. The van der Waals surface area contributed by atoms with Crippen LogP contribution in [-0.2, 0) is 6.54 Å². The third-order valence-corrected chi connectivity index (χ3v) is 5.26. The van der Waals surface area contributed by atoms with E-state index >= 15 is 0 Å². The number of fused-ring (bicyclic) bond motifs is 1. The van der Waals surface area contributed by atoms with E-state index in [-0.39, 0.29) is 11.4 Å². The molecule has 2 aromatic carbocycles. The van der Waals surface area contributed by atoms with Gasteiger partial charge in [0.1, 0.15) is 11.4 Å². The van der Waals surface area contributed by atoms with E-state index in [2.05, 4.69) is 35.2 Å². The summed E-state index contributed by atoms with van der Waals surface area (Å²) in [4.78, 5) is 15.0. The van der Waals surface area contributed by atoms with Crippen molar-refractivity contribution in [1.29, 1.82) is 0 Å². The molecule has 1 spiro atoms. The number of benzene rings is 2. The number of hydrogen-bond donors (Lipinski definition) is 0. The first-order chi connectivity index (χ1) is 11.6. The number of hydrogen-bond acceptors (Lipinski definition) is 3. The number of nitrogens with zero attached hydrogens (tertiary/aromatic N) is 1. The predicted molar refractivity (Wildman–Crippen MR) is 94.4 cm³/mol. The number of piperidine rings is 1. The number of ether oxygens (including phenoxy) is 1. The average molecular weight is 321 g/mol. The minimum Gasteiger partial charge on any atom is -0.486 e. The number of ketones is 1. The van der Waals surface area contributed by atoms with E-state index in [1.807, 2.05) is 25.1 Å². The van der Waals surface area contributed by atoms with Crippen molar-refractivity contribution >= 4 is 5.78 Å². The lowest BCUT2D eigenvalue weighted by atomic mass is 9.82. The molecule has 0 amide bonds. The van der Waals surface area contributed by atoms with E-state index in [4.69, 9.17) is 4.74 Å². The summed E-state index contributed by atoms with van der Waals surface area (Å²) in [5.41, 5.74) is 2.91. The lowest BCUT2D eigenvalue weighted by molar-refractivity contribution is -0.0107. The van der Waals surface area contributed by atoms with Gasteiger partial charge in [0.2, 0.25) is 0 Å². The molecule has 2 heterocycles. The fourth-order valence-corrected chi connectivity index (χ4v) is 3.85. The molecule has 3 heteroatoms. The number of aryl methyl sites for hydroxylation is 1. The van der Waals surface area contributed by atoms with Gasteiger partial charge in [0.05, 0.1) is 12.0 Å². The molecule has 0 aromatic heterocycles. The molecule has 0 saturated carbocycles. The molecule has 0 aliphatic carbocycles. The molecule has 0 N–H and O–H groups in total. The Morgan fingerprint density at radius 1 is 1.08 bits per heavy atom. The van der Waals surface area contributed by atoms with Crippen LogP contribution >= 0.6 is 0 Å². The largest absolute Gasteiger partial charge is 0.486 e. The fourth-order valence-electron chi connectivity index (χ4n) is 3.85. The second-order valence-corrected chi connectivity index (χ2v) is 7.15. The maximum absolute atomic E-state index is 12.6. The third-order valence-electron chi connectivity index (χ3n) is 5.26. The first-order valence-corrected chi connectivity index (χ1v) is 8.73. The van der Waals surface area contributed by atoms with E-state index in [1.165, 1.54) is 5.56 Å². The molecule has 2 aromatic rings. The van der Waals surface area contributed by atoms with Gasteiger partial charge in [-0.2, -0.15) is 0 Å². The quantitative estimate of drug-likeness (QED) is 0.837. The normalized spacial score (nSPS) is 19.8. The molecular weight excluding hydrogens is 298 g/mol. The van der Waals surface area contributed by atoms with Gasteiger partial charge in [-0.15, -0.1) is 0 Å². The van der Waals surface area contributed by atoms with Gasteiger partial charge in [-0.25, -0.2) is 0 Å². The number of carbonyl (C=O) groups excluding carboxylic acids is 1. The Balaban J connectivity index is 1.45. The zero-order valence-electron chi connectivity index (χ0n) is 14.1. The number of carbonyl (C=O) groups is 1. The number of rotatable bonds is 2. The van der Waals surface area contributed by atoms with E-state index < -0.39 is 0 Å². The zero-order valence-corrected chi connectivity index (χ0v) is 14.1. The maximum atomic E-state index is 12.6. The van der Waals surface area contributed by atoms with E-state index in [1.54, 1.807) is 0 Å². The molecule has 1 fully saturated rings. The van der Waals surface area contributed by atoms with Crippen molar-refractivity contribution in [1.82, 2.24) is 4.90 Å². The van der Waals surface area contributed by atoms with Crippen molar-refractivity contribution in [2.75, 3.05) is 13.1 Å². The van der Waals surface area contributed by atoms with Gasteiger partial charge < -0.3 is 4.74 Å². The van der Waals surface area contributed by atoms with Gasteiger partial charge in [-0.3, -0.25) is 9.69 Å². The number of Topliss-reactive ketones (excluding diaryl/α,β-unsaturated/α-hetero) is 1. The summed E-state index contributed by atoms with van der Waals surface area (Å²) in [5.74, 6) is 1.00. The smallest absolute Gasteiger partial charge is 0.170 e. The highest BCUT2D eigenvalue weighted by atomic mass is 16.5. The van der Waals surface area contributed by atoms with Crippen molar-refractivity contribution in [3.63, 3.8) is 0 Å². The highest BCUT2D eigenvalue weighted by molar-refractivity contribution is 6.00. The minimum atomic E-state index is -0.299. The highest BCUT2D eigenvalue weighted by Gasteiger charge is 2.42. The highest BCUT2D eigenvalue weighted by Crippen LogP contribution is 2.39. The molecule has 0 radical (unpaired) electrons. The molecule has 124 valence electrons. The van der Waals surface area contributed by atoms with Crippen LogP contribution in [0.3, 0.4) is 0 Å². The van der Waals surface area contributed by atoms with Gasteiger partial charge in [0.15, 0.2) is 5.78 Å². The first-order valence-electron chi connectivity index (χ1n) is 8.73. The second kappa shape index (κ2) is 6.06. The van der Waals surface area contributed by atoms with Gasteiger partial charge in [0, 0.05) is 32.5 Å². The molecule has 3 nitrogen and oxygen atoms in total. The monoisotopic (exact) mass is 321 g/mol. The minimum absolute atomic E-state index is 0.233. The Morgan fingerprint density at radius 2 is 1.83 bits per heavy atom. The van der Waals surface area contributed by atoms with Crippen molar-refractivity contribution < 1.29 is 9.53 Å².